The minimum atomic E-state index is -0.123. The quantitative estimate of drug-likeness (QED) is 0.831. The van der Waals surface area contributed by atoms with E-state index in [0.29, 0.717) is 0 Å². The van der Waals surface area contributed by atoms with Gasteiger partial charge in [-0.15, -0.1) is 11.8 Å². The van der Waals surface area contributed by atoms with Gasteiger partial charge in [0.1, 0.15) is 5.25 Å². The Kier molecular flexibility index (Phi) is 3.75. The summed E-state index contributed by atoms with van der Waals surface area (Å²) in [7, 11) is 0. The van der Waals surface area contributed by atoms with Crippen LogP contribution < -0.4 is 5.43 Å². The Balaban J connectivity index is 2.23. The van der Waals surface area contributed by atoms with Gasteiger partial charge in [0.25, 0.3) is 0 Å². The topological polar surface area (TPSA) is 48.2 Å². The van der Waals surface area contributed by atoms with Gasteiger partial charge in [-0.3, -0.25) is 5.43 Å². The van der Waals surface area contributed by atoms with Crippen molar-refractivity contribution in [2.45, 2.75) is 11.3 Å². The SMILES string of the molecule is CSC1=NN[C@H](c2ccccc2)[C@@H](C#N)S1. The molecule has 3 nitrogen and oxygen atoms in total. The van der Waals surface area contributed by atoms with Crippen molar-refractivity contribution in [2.24, 2.45) is 5.10 Å². The lowest BCUT2D eigenvalue weighted by Crippen LogP contribution is -2.30. The van der Waals surface area contributed by atoms with Crippen LogP contribution >= 0.6 is 23.5 Å². The molecule has 16 heavy (non-hydrogen) atoms. The molecule has 0 unspecified atom stereocenters. The van der Waals surface area contributed by atoms with Gasteiger partial charge in [-0.05, 0) is 11.8 Å². The number of hydrogen-bond acceptors (Lipinski definition) is 5. The summed E-state index contributed by atoms with van der Waals surface area (Å²) in [4.78, 5) is 0. The molecule has 0 saturated heterocycles. The third-order valence-corrected chi connectivity index (χ3v) is 4.44. The zero-order valence-corrected chi connectivity index (χ0v) is 10.4. The second kappa shape index (κ2) is 5.28. The van der Waals surface area contributed by atoms with Crippen LogP contribution in [0.2, 0.25) is 0 Å². The fourth-order valence-electron chi connectivity index (χ4n) is 1.50. The molecule has 1 aliphatic rings. The minimum Gasteiger partial charge on any atom is -0.299 e. The van der Waals surface area contributed by atoms with Crippen LogP contribution in [0.5, 0.6) is 0 Å². The number of benzene rings is 1. The van der Waals surface area contributed by atoms with E-state index in [1.54, 1.807) is 11.8 Å². The summed E-state index contributed by atoms with van der Waals surface area (Å²) in [6.07, 6.45) is 1.96. The third-order valence-electron chi connectivity index (χ3n) is 2.29. The standard InChI is InChI=1S/C11H11N3S2/c1-15-11-14-13-10(9(7-12)16-11)8-5-3-2-4-6-8/h2-6,9-10,13H,1H3/t9-,10-/m1/s1. The van der Waals surface area contributed by atoms with Crippen LogP contribution in [0.4, 0.5) is 0 Å². The molecular formula is C11H11N3S2. The van der Waals surface area contributed by atoms with Crippen molar-refractivity contribution in [1.29, 1.82) is 5.26 Å². The molecule has 82 valence electrons. The van der Waals surface area contributed by atoms with Crippen molar-refractivity contribution in [2.75, 3.05) is 6.26 Å². The van der Waals surface area contributed by atoms with Crippen molar-refractivity contribution in [3.05, 3.63) is 35.9 Å². The van der Waals surface area contributed by atoms with E-state index in [2.05, 4.69) is 16.6 Å². The van der Waals surface area contributed by atoms with E-state index in [0.717, 1.165) is 9.94 Å². The first-order chi connectivity index (χ1) is 7.85. The molecular weight excluding hydrogens is 238 g/mol. The number of rotatable bonds is 1. The van der Waals surface area contributed by atoms with Crippen LogP contribution in [0.15, 0.2) is 35.4 Å². The van der Waals surface area contributed by atoms with Gasteiger partial charge in [-0.2, -0.15) is 10.4 Å². The number of nitrogens with one attached hydrogen (secondary N) is 1. The molecule has 5 heteroatoms. The number of hydrogen-bond donors (Lipinski definition) is 1. The van der Waals surface area contributed by atoms with Gasteiger partial charge in [0.05, 0.1) is 12.1 Å². The van der Waals surface area contributed by atoms with Gasteiger partial charge in [-0.25, -0.2) is 0 Å². The van der Waals surface area contributed by atoms with E-state index in [9.17, 15) is 0 Å². The lowest BCUT2D eigenvalue weighted by Gasteiger charge is -2.26. The van der Waals surface area contributed by atoms with Crippen LogP contribution in [0.1, 0.15) is 11.6 Å². The zero-order valence-electron chi connectivity index (χ0n) is 8.75. The smallest absolute Gasteiger partial charge is 0.150 e. The minimum absolute atomic E-state index is 0.0212. The highest BCUT2D eigenvalue weighted by Gasteiger charge is 2.28. The van der Waals surface area contributed by atoms with Crippen molar-refractivity contribution in [3.63, 3.8) is 0 Å². The molecule has 1 aromatic carbocycles. The van der Waals surface area contributed by atoms with Crippen LogP contribution in [-0.2, 0) is 0 Å². The molecule has 0 fully saturated rings. The van der Waals surface area contributed by atoms with Gasteiger partial charge in [0.15, 0.2) is 4.38 Å². The number of nitrogens with zero attached hydrogens (tertiary/aromatic N) is 2. The largest absolute Gasteiger partial charge is 0.299 e. The normalized spacial score (nSPS) is 24.1. The molecule has 0 amide bonds. The first-order valence-corrected chi connectivity index (χ1v) is 6.94. The Hall–Kier alpha value is -1.12. The Labute approximate surface area is 103 Å². The van der Waals surface area contributed by atoms with E-state index in [1.807, 2.05) is 36.6 Å². The van der Waals surface area contributed by atoms with E-state index >= 15 is 0 Å². The molecule has 0 aromatic heterocycles. The Morgan fingerprint density at radius 1 is 1.44 bits per heavy atom. The van der Waals surface area contributed by atoms with Gasteiger partial charge in [0.2, 0.25) is 0 Å². The van der Waals surface area contributed by atoms with Gasteiger partial charge in [-0.1, -0.05) is 42.1 Å². The highest BCUT2D eigenvalue weighted by molar-refractivity contribution is 8.39. The summed E-state index contributed by atoms with van der Waals surface area (Å²) < 4.78 is 0.915. The van der Waals surface area contributed by atoms with E-state index in [1.165, 1.54) is 11.8 Å². The van der Waals surface area contributed by atoms with Crippen molar-refractivity contribution >= 4 is 27.9 Å². The van der Waals surface area contributed by atoms with Gasteiger partial charge < -0.3 is 0 Å². The molecule has 2 rings (SSSR count). The fourth-order valence-corrected chi connectivity index (χ4v) is 3.07. The average molecular weight is 249 g/mol. The molecule has 0 saturated carbocycles. The summed E-state index contributed by atoms with van der Waals surface area (Å²) in [5.41, 5.74) is 4.16. The van der Waals surface area contributed by atoms with Crippen molar-refractivity contribution in [1.82, 2.24) is 5.43 Å². The van der Waals surface area contributed by atoms with Crippen molar-refractivity contribution < 1.29 is 0 Å². The number of hydrazone groups is 1. The zero-order chi connectivity index (χ0) is 11.4. The molecule has 0 aliphatic carbocycles. The monoisotopic (exact) mass is 249 g/mol. The van der Waals surface area contributed by atoms with Crippen LogP contribution in [-0.4, -0.2) is 15.9 Å². The highest BCUT2D eigenvalue weighted by Crippen LogP contribution is 2.33. The van der Waals surface area contributed by atoms with Gasteiger partial charge in [0, 0.05) is 0 Å². The van der Waals surface area contributed by atoms with E-state index < -0.39 is 0 Å². The van der Waals surface area contributed by atoms with Crippen LogP contribution in [0.3, 0.4) is 0 Å². The second-order valence-corrected chi connectivity index (χ2v) is 5.45. The Bertz CT molecular complexity index is 425. The molecule has 0 radical (unpaired) electrons. The molecule has 0 bridgehead atoms. The van der Waals surface area contributed by atoms with Crippen molar-refractivity contribution in [3.8, 4) is 6.07 Å². The maximum Gasteiger partial charge on any atom is 0.150 e. The lowest BCUT2D eigenvalue weighted by molar-refractivity contribution is 0.575. The summed E-state index contributed by atoms with van der Waals surface area (Å²) in [6.45, 7) is 0. The molecule has 1 heterocycles. The van der Waals surface area contributed by atoms with Crippen LogP contribution in [0.25, 0.3) is 0 Å². The highest BCUT2D eigenvalue weighted by atomic mass is 32.2. The summed E-state index contributed by atoms with van der Waals surface area (Å²) in [6, 6.07) is 12.3. The Morgan fingerprint density at radius 2 is 2.19 bits per heavy atom. The summed E-state index contributed by atoms with van der Waals surface area (Å²) in [5.74, 6) is 0. The third kappa shape index (κ3) is 2.34. The number of nitriles is 1. The maximum absolute atomic E-state index is 9.16. The van der Waals surface area contributed by atoms with E-state index in [-0.39, 0.29) is 11.3 Å². The first kappa shape index (κ1) is 11.4. The molecule has 2 atom stereocenters. The Morgan fingerprint density at radius 3 is 2.81 bits per heavy atom. The molecule has 1 aromatic rings. The fraction of sp³-hybridized carbons (Fsp3) is 0.273. The summed E-state index contributed by atoms with van der Waals surface area (Å²) in [5, 5.41) is 13.3. The average Bonchev–Trinajstić information content (AvgIpc) is 2.39. The number of thioether (sulfide) groups is 2. The van der Waals surface area contributed by atoms with E-state index in [4.69, 9.17) is 5.26 Å². The lowest BCUT2D eigenvalue weighted by atomic mass is 10.1. The van der Waals surface area contributed by atoms with Gasteiger partial charge >= 0.3 is 0 Å². The first-order valence-electron chi connectivity index (χ1n) is 4.83. The predicted octanol–water partition coefficient (Wildman–Crippen LogP) is 2.59. The predicted molar refractivity (Wildman–Crippen MR) is 70.3 cm³/mol. The summed E-state index contributed by atoms with van der Waals surface area (Å²) >= 11 is 3.09. The maximum atomic E-state index is 9.16. The second-order valence-electron chi connectivity index (χ2n) is 3.27. The molecule has 1 N–H and O–H groups in total. The van der Waals surface area contributed by atoms with Crippen LogP contribution in [0, 0.1) is 11.3 Å². The molecule has 1 aliphatic heterocycles. The molecule has 0 spiro atoms.